The van der Waals surface area contributed by atoms with Gasteiger partial charge in [0.1, 0.15) is 29.5 Å². The van der Waals surface area contributed by atoms with Gasteiger partial charge in [0.05, 0.1) is 11.9 Å². The summed E-state index contributed by atoms with van der Waals surface area (Å²) in [5, 5.41) is 2.38. The maximum atomic E-state index is 10.3. The molecule has 115 valence electrons. The second kappa shape index (κ2) is 6.27. The van der Waals surface area contributed by atoms with Gasteiger partial charge in [0.15, 0.2) is 0 Å². The van der Waals surface area contributed by atoms with Crippen LogP contribution in [0.5, 0.6) is 11.5 Å². The summed E-state index contributed by atoms with van der Waals surface area (Å²) >= 11 is 0. The molecule has 1 amide bonds. The average molecular weight is 308 g/mol. The maximum Gasteiger partial charge on any atom is 0.315 e. The molecule has 0 fully saturated rings. The van der Waals surface area contributed by atoms with Gasteiger partial charge < -0.3 is 10.1 Å². The van der Waals surface area contributed by atoms with E-state index in [9.17, 15) is 4.79 Å². The Bertz CT molecular complexity index is 844. The molecule has 0 aromatic carbocycles. The topological polar surface area (TPSA) is 81.9 Å². The third kappa shape index (κ3) is 3.34. The van der Waals surface area contributed by atoms with Crippen molar-refractivity contribution < 1.29 is 9.53 Å². The van der Waals surface area contributed by atoms with Crippen LogP contribution in [0.4, 0.5) is 5.82 Å². The minimum atomic E-state index is 0.425. The molecule has 1 N–H and O–H groups in total. The zero-order valence-electron chi connectivity index (χ0n) is 12.6. The van der Waals surface area contributed by atoms with E-state index >= 15 is 0 Å². The lowest BCUT2D eigenvalue weighted by molar-refractivity contribution is 0.475. The van der Waals surface area contributed by atoms with Gasteiger partial charge in [-0.2, -0.15) is 0 Å². The third-order valence-corrected chi connectivity index (χ3v) is 3.16. The minimum absolute atomic E-state index is 0.425. The second-order valence-corrected chi connectivity index (χ2v) is 4.94. The van der Waals surface area contributed by atoms with Crippen LogP contribution < -0.4 is 10.1 Å². The number of nitrogens with zero attached hydrogens (tertiary/aromatic N) is 4. The molecule has 3 aromatic heterocycles. The van der Waals surface area contributed by atoms with Crippen LogP contribution in [0, 0.1) is 13.8 Å². The first kappa shape index (κ1) is 14.7. The highest BCUT2D eigenvalue weighted by molar-refractivity contribution is 5.69. The van der Waals surface area contributed by atoms with E-state index < -0.39 is 0 Å². The van der Waals surface area contributed by atoms with Crippen molar-refractivity contribution in [2.24, 2.45) is 0 Å². The molecule has 0 spiro atoms. The summed E-state index contributed by atoms with van der Waals surface area (Å²) in [7, 11) is 0. The molecule has 0 saturated heterocycles. The number of pyridine rings is 2. The van der Waals surface area contributed by atoms with Gasteiger partial charge in [0.2, 0.25) is 0 Å². The van der Waals surface area contributed by atoms with Gasteiger partial charge in [-0.05, 0) is 31.5 Å². The lowest BCUT2D eigenvalue weighted by atomic mass is 10.2. The third-order valence-electron chi connectivity index (χ3n) is 3.16. The standard InChI is InChI=1S/C16H14N5O2/c1-11-5-15(20-10-22)18-7-14(11)23-13-3-4-17-16(6-13)21-8-12(2)19-9-21/h3-9H,1-2H3,(H,18,20,22). The maximum absolute atomic E-state index is 10.3. The number of amides is 1. The molecule has 3 rings (SSSR count). The molecule has 23 heavy (non-hydrogen) atoms. The Hall–Kier alpha value is -3.22. The number of imidazole rings is 1. The summed E-state index contributed by atoms with van der Waals surface area (Å²) in [6.45, 7) is 3.78. The van der Waals surface area contributed by atoms with Gasteiger partial charge in [-0.25, -0.2) is 15.0 Å². The number of aryl methyl sites for hydroxylation is 2. The molecule has 7 nitrogen and oxygen atoms in total. The molecule has 0 atom stereocenters. The summed E-state index contributed by atoms with van der Waals surface area (Å²) in [6, 6.07) is 5.28. The number of hydrogen-bond donors (Lipinski definition) is 1. The van der Waals surface area contributed by atoms with E-state index in [0.717, 1.165) is 11.3 Å². The van der Waals surface area contributed by atoms with E-state index in [1.54, 1.807) is 37.3 Å². The number of anilines is 1. The fraction of sp³-hybridized carbons (Fsp3) is 0.125. The number of carbonyl (C=O) groups excluding carboxylic acids is 1. The highest BCUT2D eigenvalue weighted by atomic mass is 16.5. The summed E-state index contributed by atoms with van der Waals surface area (Å²) in [5.41, 5.74) is 1.75. The van der Waals surface area contributed by atoms with E-state index in [1.165, 1.54) is 0 Å². The first-order valence-corrected chi connectivity index (χ1v) is 6.90. The Morgan fingerprint density at radius 1 is 1.22 bits per heavy atom. The van der Waals surface area contributed by atoms with Gasteiger partial charge in [-0.15, -0.1) is 0 Å². The first-order chi connectivity index (χ1) is 11.2. The Kier molecular flexibility index (Phi) is 4.01. The Morgan fingerprint density at radius 2 is 2.09 bits per heavy atom. The van der Waals surface area contributed by atoms with Crippen LogP contribution in [0.1, 0.15) is 11.3 Å². The van der Waals surface area contributed by atoms with E-state index in [2.05, 4.69) is 20.3 Å². The van der Waals surface area contributed by atoms with Crippen LogP contribution in [0.25, 0.3) is 5.82 Å². The van der Waals surface area contributed by atoms with Gasteiger partial charge in [0, 0.05) is 18.5 Å². The summed E-state index contributed by atoms with van der Waals surface area (Å²) in [6.07, 6.45) is 8.39. The largest absolute Gasteiger partial charge is 0.455 e. The Labute approximate surface area is 133 Å². The van der Waals surface area contributed by atoms with Crippen LogP contribution in [-0.4, -0.2) is 25.9 Å². The number of rotatable bonds is 5. The Morgan fingerprint density at radius 3 is 2.78 bits per heavy atom. The zero-order chi connectivity index (χ0) is 16.2. The number of aromatic nitrogens is 4. The van der Waals surface area contributed by atoms with Crippen LogP contribution in [-0.2, 0) is 4.79 Å². The predicted molar refractivity (Wildman–Crippen MR) is 84.5 cm³/mol. The van der Waals surface area contributed by atoms with E-state index in [0.29, 0.717) is 23.1 Å². The van der Waals surface area contributed by atoms with Crippen molar-refractivity contribution in [3.8, 4) is 17.3 Å². The van der Waals surface area contributed by atoms with Crippen LogP contribution in [0.15, 0.2) is 43.1 Å². The van der Waals surface area contributed by atoms with Crippen LogP contribution in [0.3, 0.4) is 0 Å². The molecule has 0 aliphatic heterocycles. The van der Waals surface area contributed by atoms with E-state index in [1.807, 2.05) is 30.7 Å². The summed E-state index contributed by atoms with van der Waals surface area (Å²) in [4.78, 5) is 22.9. The number of hydrogen-bond acceptors (Lipinski definition) is 5. The lowest BCUT2D eigenvalue weighted by Gasteiger charge is -2.10. The van der Waals surface area contributed by atoms with E-state index in [-0.39, 0.29) is 0 Å². The number of ether oxygens (including phenoxy) is 1. The smallest absolute Gasteiger partial charge is 0.315 e. The number of nitrogens with one attached hydrogen (secondary N) is 1. The van der Waals surface area contributed by atoms with Crippen molar-refractivity contribution in [2.45, 2.75) is 13.8 Å². The molecule has 3 aromatic rings. The molecule has 1 radical (unpaired) electrons. The summed E-state index contributed by atoms with van der Waals surface area (Å²) < 4.78 is 7.67. The van der Waals surface area contributed by atoms with Gasteiger partial charge in [-0.3, -0.25) is 9.36 Å². The second-order valence-electron chi connectivity index (χ2n) is 4.94. The predicted octanol–water partition coefficient (Wildman–Crippen LogP) is 2.55. The molecular formula is C16H14N5O2. The molecule has 0 unspecified atom stereocenters. The quantitative estimate of drug-likeness (QED) is 0.732. The van der Waals surface area contributed by atoms with Crippen LogP contribution in [0.2, 0.25) is 0 Å². The minimum Gasteiger partial charge on any atom is -0.455 e. The lowest BCUT2D eigenvalue weighted by Crippen LogP contribution is -1.99. The van der Waals surface area contributed by atoms with Gasteiger partial charge in [-0.1, -0.05) is 0 Å². The molecular weight excluding hydrogens is 294 g/mol. The molecule has 0 saturated carbocycles. The summed E-state index contributed by atoms with van der Waals surface area (Å²) in [5.74, 6) is 2.37. The fourth-order valence-electron chi connectivity index (χ4n) is 2.05. The molecule has 0 bridgehead atoms. The van der Waals surface area contributed by atoms with Gasteiger partial charge >= 0.3 is 6.41 Å². The molecule has 0 aliphatic carbocycles. The van der Waals surface area contributed by atoms with Crippen molar-refractivity contribution in [1.29, 1.82) is 0 Å². The van der Waals surface area contributed by atoms with Crippen molar-refractivity contribution in [1.82, 2.24) is 19.5 Å². The van der Waals surface area contributed by atoms with Crippen molar-refractivity contribution in [2.75, 3.05) is 5.32 Å². The van der Waals surface area contributed by atoms with Crippen LogP contribution >= 0.6 is 0 Å². The van der Waals surface area contributed by atoms with Gasteiger partial charge in [0.25, 0.3) is 0 Å². The normalized spacial score (nSPS) is 10.3. The van der Waals surface area contributed by atoms with E-state index in [4.69, 9.17) is 4.74 Å². The zero-order valence-corrected chi connectivity index (χ0v) is 12.6. The first-order valence-electron chi connectivity index (χ1n) is 6.90. The SMILES string of the molecule is Cc1cn(-c2cc(Oc3cnc(N[C]=O)cc3C)ccn2)cn1. The fourth-order valence-corrected chi connectivity index (χ4v) is 2.05. The van der Waals surface area contributed by atoms with Crippen molar-refractivity contribution in [3.05, 3.63) is 54.4 Å². The molecule has 7 heteroatoms. The van der Waals surface area contributed by atoms with Crippen molar-refractivity contribution >= 4 is 12.2 Å². The van der Waals surface area contributed by atoms with Crippen molar-refractivity contribution in [3.63, 3.8) is 0 Å². The Balaban J connectivity index is 1.84. The molecule has 3 heterocycles. The average Bonchev–Trinajstić information content (AvgIpc) is 2.97. The molecule has 0 aliphatic rings. The highest BCUT2D eigenvalue weighted by Gasteiger charge is 2.06. The highest BCUT2D eigenvalue weighted by Crippen LogP contribution is 2.26. The monoisotopic (exact) mass is 308 g/mol.